The van der Waals surface area contributed by atoms with Gasteiger partial charge in [-0.1, -0.05) is 12.8 Å². The summed E-state index contributed by atoms with van der Waals surface area (Å²) < 4.78 is 5.61. The van der Waals surface area contributed by atoms with Crippen molar-refractivity contribution in [2.45, 2.75) is 50.7 Å². The molecule has 0 aromatic rings. The lowest BCUT2D eigenvalue weighted by atomic mass is 9.92. The number of hydrogen-bond acceptors (Lipinski definition) is 3. The highest BCUT2D eigenvalue weighted by molar-refractivity contribution is 4.98. The molecule has 3 heteroatoms. The summed E-state index contributed by atoms with van der Waals surface area (Å²) in [5.74, 6) is 1.04. The van der Waals surface area contributed by atoms with Gasteiger partial charge >= 0.3 is 0 Å². The van der Waals surface area contributed by atoms with Gasteiger partial charge < -0.3 is 15.8 Å². The van der Waals surface area contributed by atoms with Crippen LogP contribution in [0.1, 0.15) is 39.0 Å². The van der Waals surface area contributed by atoms with Crippen molar-refractivity contribution in [1.29, 1.82) is 0 Å². The van der Waals surface area contributed by atoms with Crippen LogP contribution < -0.4 is 11.1 Å². The minimum atomic E-state index is 0.0591. The number of nitrogens with two attached hydrogens (primary N) is 1. The standard InChI is InChI=1S/C12H24N2O/c1-10-12(9-13,6-8-15-10)14-7-2-3-11-4-5-11/h10-11,14H,2-9,13H2,1H3. The summed E-state index contributed by atoms with van der Waals surface area (Å²) in [6.07, 6.45) is 6.93. The van der Waals surface area contributed by atoms with Crippen molar-refractivity contribution in [3.05, 3.63) is 0 Å². The molecule has 1 saturated carbocycles. The van der Waals surface area contributed by atoms with E-state index >= 15 is 0 Å². The summed E-state index contributed by atoms with van der Waals surface area (Å²) in [7, 11) is 0. The van der Waals surface area contributed by atoms with Gasteiger partial charge in [-0.15, -0.1) is 0 Å². The Labute approximate surface area is 92.7 Å². The predicted molar refractivity (Wildman–Crippen MR) is 61.8 cm³/mol. The Kier molecular flexibility index (Phi) is 3.65. The number of rotatable bonds is 6. The third kappa shape index (κ3) is 2.71. The quantitative estimate of drug-likeness (QED) is 0.652. The summed E-state index contributed by atoms with van der Waals surface area (Å²) in [6.45, 7) is 4.78. The van der Waals surface area contributed by atoms with Gasteiger partial charge in [0.15, 0.2) is 0 Å². The van der Waals surface area contributed by atoms with Crippen LogP contribution in [-0.2, 0) is 4.74 Å². The summed E-state index contributed by atoms with van der Waals surface area (Å²) in [6, 6.07) is 0. The largest absolute Gasteiger partial charge is 0.376 e. The molecule has 1 saturated heterocycles. The first-order chi connectivity index (χ1) is 7.27. The van der Waals surface area contributed by atoms with Crippen LogP contribution in [0.15, 0.2) is 0 Å². The molecule has 0 aromatic carbocycles. The molecule has 3 nitrogen and oxygen atoms in total. The molecule has 2 rings (SSSR count). The number of nitrogens with one attached hydrogen (secondary N) is 1. The van der Waals surface area contributed by atoms with E-state index in [0.29, 0.717) is 6.54 Å². The van der Waals surface area contributed by atoms with E-state index in [1.165, 1.54) is 25.7 Å². The second-order valence-electron chi connectivity index (χ2n) is 5.14. The molecule has 15 heavy (non-hydrogen) atoms. The van der Waals surface area contributed by atoms with Crippen LogP contribution >= 0.6 is 0 Å². The molecule has 0 spiro atoms. The molecule has 1 heterocycles. The Hall–Kier alpha value is -0.120. The normalized spacial score (nSPS) is 36.0. The molecule has 2 unspecified atom stereocenters. The SMILES string of the molecule is CC1OCCC1(CN)NCCCC1CC1. The van der Waals surface area contributed by atoms with Crippen LogP contribution in [0.3, 0.4) is 0 Å². The maximum Gasteiger partial charge on any atom is 0.0741 e. The lowest BCUT2D eigenvalue weighted by Crippen LogP contribution is -2.56. The molecule has 0 amide bonds. The highest BCUT2D eigenvalue weighted by Gasteiger charge is 2.39. The molecule has 2 aliphatic rings. The average molecular weight is 212 g/mol. The van der Waals surface area contributed by atoms with E-state index in [1.807, 2.05) is 0 Å². The lowest BCUT2D eigenvalue weighted by molar-refractivity contribution is 0.0853. The predicted octanol–water partition coefficient (Wildman–Crippen LogP) is 1.27. The summed E-state index contributed by atoms with van der Waals surface area (Å²) in [5.41, 5.74) is 5.93. The topological polar surface area (TPSA) is 47.3 Å². The zero-order chi connectivity index (χ0) is 10.7. The first-order valence-corrected chi connectivity index (χ1v) is 6.33. The van der Waals surface area contributed by atoms with Crippen LogP contribution in [0.5, 0.6) is 0 Å². The van der Waals surface area contributed by atoms with Crippen LogP contribution in [-0.4, -0.2) is 31.3 Å². The Morgan fingerprint density at radius 2 is 2.27 bits per heavy atom. The first kappa shape index (κ1) is 11.4. The first-order valence-electron chi connectivity index (χ1n) is 6.33. The molecular weight excluding hydrogens is 188 g/mol. The molecule has 2 fully saturated rings. The van der Waals surface area contributed by atoms with Gasteiger partial charge in [-0.3, -0.25) is 0 Å². The summed E-state index contributed by atoms with van der Waals surface area (Å²) in [5, 5.41) is 3.63. The number of hydrogen-bond donors (Lipinski definition) is 2. The van der Waals surface area contributed by atoms with Crippen LogP contribution in [0, 0.1) is 5.92 Å². The van der Waals surface area contributed by atoms with Crippen molar-refractivity contribution in [3.8, 4) is 0 Å². The highest BCUT2D eigenvalue weighted by atomic mass is 16.5. The van der Waals surface area contributed by atoms with Crippen molar-refractivity contribution < 1.29 is 4.74 Å². The van der Waals surface area contributed by atoms with E-state index < -0.39 is 0 Å². The summed E-state index contributed by atoms with van der Waals surface area (Å²) in [4.78, 5) is 0. The fraction of sp³-hybridized carbons (Fsp3) is 1.00. The molecule has 88 valence electrons. The van der Waals surface area contributed by atoms with Gasteiger partial charge in [-0.05, 0) is 38.6 Å². The average Bonchev–Trinajstić information content (AvgIpc) is 2.99. The fourth-order valence-corrected chi connectivity index (χ4v) is 2.49. The van der Waals surface area contributed by atoms with Crippen LogP contribution in [0.25, 0.3) is 0 Å². The smallest absolute Gasteiger partial charge is 0.0741 e. The van der Waals surface area contributed by atoms with Gasteiger partial charge in [0.1, 0.15) is 0 Å². The van der Waals surface area contributed by atoms with Crippen molar-refractivity contribution in [2.75, 3.05) is 19.7 Å². The van der Waals surface area contributed by atoms with Crippen LogP contribution in [0.2, 0.25) is 0 Å². The van der Waals surface area contributed by atoms with E-state index in [9.17, 15) is 0 Å². The fourth-order valence-electron chi connectivity index (χ4n) is 2.49. The molecular formula is C12H24N2O. The minimum Gasteiger partial charge on any atom is -0.376 e. The molecule has 2 atom stereocenters. The molecule has 0 radical (unpaired) electrons. The van der Waals surface area contributed by atoms with Gasteiger partial charge in [0, 0.05) is 13.2 Å². The van der Waals surface area contributed by atoms with E-state index in [2.05, 4.69) is 12.2 Å². The second kappa shape index (κ2) is 4.81. The van der Waals surface area contributed by atoms with Gasteiger partial charge in [0.25, 0.3) is 0 Å². The summed E-state index contributed by atoms with van der Waals surface area (Å²) >= 11 is 0. The van der Waals surface area contributed by atoms with Gasteiger partial charge in [-0.2, -0.15) is 0 Å². The van der Waals surface area contributed by atoms with E-state index in [0.717, 1.165) is 25.5 Å². The lowest BCUT2D eigenvalue weighted by Gasteiger charge is -2.32. The third-order valence-electron chi connectivity index (χ3n) is 4.02. The second-order valence-corrected chi connectivity index (χ2v) is 5.14. The molecule has 0 bridgehead atoms. The molecule has 0 aromatic heterocycles. The Bertz CT molecular complexity index is 206. The van der Waals surface area contributed by atoms with Crippen molar-refractivity contribution in [1.82, 2.24) is 5.32 Å². The number of ether oxygens (including phenoxy) is 1. The van der Waals surface area contributed by atoms with Crippen molar-refractivity contribution >= 4 is 0 Å². The maximum absolute atomic E-state index is 5.87. The van der Waals surface area contributed by atoms with Gasteiger partial charge in [0.05, 0.1) is 11.6 Å². The zero-order valence-corrected chi connectivity index (χ0v) is 9.80. The minimum absolute atomic E-state index is 0.0591. The molecule has 3 N–H and O–H groups in total. The maximum atomic E-state index is 5.87. The zero-order valence-electron chi connectivity index (χ0n) is 9.80. The Balaban J connectivity index is 1.69. The van der Waals surface area contributed by atoms with Crippen molar-refractivity contribution in [3.63, 3.8) is 0 Å². The Morgan fingerprint density at radius 3 is 2.80 bits per heavy atom. The van der Waals surface area contributed by atoms with E-state index in [-0.39, 0.29) is 11.6 Å². The highest BCUT2D eigenvalue weighted by Crippen LogP contribution is 2.33. The van der Waals surface area contributed by atoms with Gasteiger partial charge in [-0.25, -0.2) is 0 Å². The van der Waals surface area contributed by atoms with Crippen molar-refractivity contribution in [2.24, 2.45) is 11.7 Å². The van der Waals surface area contributed by atoms with E-state index in [1.54, 1.807) is 0 Å². The molecule has 1 aliphatic carbocycles. The monoisotopic (exact) mass is 212 g/mol. The van der Waals surface area contributed by atoms with Crippen LogP contribution in [0.4, 0.5) is 0 Å². The molecule has 1 aliphatic heterocycles. The van der Waals surface area contributed by atoms with Gasteiger partial charge in [0.2, 0.25) is 0 Å². The third-order valence-corrected chi connectivity index (χ3v) is 4.02. The van der Waals surface area contributed by atoms with E-state index in [4.69, 9.17) is 10.5 Å². The Morgan fingerprint density at radius 1 is 1.47 bits per heavy atom.